The number of amides is 4. The van der Waals surface area contributed by atoms with Crippen molar-refractivity contribution in [2.75, 3.05) is 107 Å². The molecule has 32 heavy (non-hydrogen) atoms. The van der Waals surface area contributed by atoms with Crippen molar-refractivity contribution in [3.8, 4) is 0 Å². The van der Waals surface area contributed by atoms with Gasteiger partial charge in [0, 0.05) is 80.5 Å². The van der Waals surface area contributed by atoms with E-state index in [1.54, 1.807) is 28.2 Å². The topological polar surface area (TPSA) is 129 Å². The van der Waals surface area contributed by atoms with Crippen molar-refractivity contribution < 1.29 is 19.2 Å². The first-order valence-electron chi connectivity index (χ1n) is 11.0. The third kappa shape index (κ3) is 11.4. The lowest BCUT2D eigenvalue weighted by Crippen LogP contribution is -2.51. The molecule has 1 saturated heterocycles. The summed E-state index contributed by atoms with van der Waals surface area (Å²) in [6.07, 6.45) is 0. The van der Waals surface area contributed by atoms with Gasteiger partial charge in [0.05, 0.1) is 26.2 Å². The molecule has 12 nitrogen and oxygen atoms in total. The summed E-state index contributed by atoms with van der Waals surface area (Å²) in [4.78, 5) is 56.1. The zero-order valence-corrected chi connectivity index (χ0v) is 19.9. The second-order valence-corrected chi connectivity index (χ2v) is 7.80. The Balaban J connectivity index is 2.99. The lowest BCUT2D eigenvalue weighted by Gasteiger charge is -2.33. The highest BCUT2D eigenvalue weighted by atomic mass is 16.2. The van der Waals surface area contributed by atoms with Crippen LogP contribution in [0.2, 0.25) is 0 Å². The molecule has 0 atom stereocenters. The molecule has 1 aliphatic heterocycles. The summed E-state index contributed by atoms with van der Waals surface area (Å²) in [6, 6.07) is 0. The monoisotopic (exact) mass is 456 g/mol. The fourth-order valence-corrected chi connectivity index (χ4v) is 3.34. The summed E-state index contributed by atoms with van der Waals surface area (Å²) >= 11 is 0. The second-order valence-electron chi connectivity index (χ2n) is 7.80. The van der Waals surface area contributed by atoms with Gasteiger partial charge in [-0.25, -0.2) is 0 Å². The molecule has 1 rings (SSSR count). The van der Waals surface area contributed by atoms with Crippen LogP contribution in [0.25, 0.3) is 0 Å². The Morgan fingerprint density at radius 2 is 0.594 bits per heavy atom. The molecule has 0 aromatic heterocycles. The van der Waals surface area contributed by atoms with E-state index >= 15 is 0 Å². The van der Waals surface area contributed by atoms with Crippen LogP contribution in [0, 0.1) is 0 Å². The van der Waals surface area contributed by atoms with Crippen LogP contribution in [0.3, 0.4) is 0 Å². The van der Waals surface area contributed by atoms with Gasteiger partial charge in [0.1, 0.15) is 0 Å². The van der Waals surface area contributed by atoms with Gasteiger partial charge in [0.25, 0.3) is 0 Å². The van der Waals surface area contributed by atoms with Crippen LogP contribution in [0.15, 0.2) is 0 Å². The Hall–Kier alpha value is -2.28. The molecule has 12 heteroatoms. The van der Waals surface area contributed by atoms with E-state index in [1.807, 2.05) is 19.6 Å². The summed E-state index contributed by atoms with van der Waals surface area (Å²) in [5, 5.41) is 10.6. The Morgan fingerprint density at radius 3 is 0.719 bits per heavy atom. The maximum Gasteiger partial charge on any atom is 0.233 e. The van der Waals surface area contributed by atoms with Gasteiger partial charge in [-0.3, -0.25) is 38.8 Å². The first kappa shape index (κ1) is 27.8. The number of nitrogens with one attached hydrogen (secondary N) is 4. The van der Waals surface area contributed by atoms with Crippen molar-refractivity contribution >= 4 is 23.6 Å². The zero-order chi connectivity index (χ0) is 23.9. The SMILES string of the molecule is CNC(=O)CN1CCN(CC(=O)NC)CCN(CC(=O)NC)CCN(CC(=O)NC)CC1. The number of hydrogen-bond donors (Lipinski definition) is 4. The molecule has 1 fully saturated rings. The lowest BCUT2D eigenvalue weighted by atomic mass is 10.3. The summed E-state index contributed by atoms with van der Waals surface area (Å²) in [5.74, 6) is -0.316. The molecular weight excluding hydrogens is 416 g/mol. The Kier molecular flexibility index (Phi) is 13.5. The summed E-state index contributed by atoms with van der Waals surface area (Å²) in [6.45, 7) is 5.84. The maximum absolute atomic E-state index is 12.0. The molecule has 4 amide bonds. The van der Waals surface area contributed by atoms with Crippen LogP contribution >= 0.6 is 0 Å². The number of hydrogen-bond acceptors (Lipinski definition) is 8. The third-order valence-electron chi connectivity index (χ3n) is 5.51. The number of rotatable bonds is 8. The van der Waals surface area contributed by atoms with Gasteiger partial charge in [0.15, 0.2) is 0 Å². The molecule has 0 saturated carbocycles. The summed E-state index contributed by atoms with van der Waals surface area (Å²) in [5.41, 5.74) is 0. The molecule has 0 aromatic carbocycles. The quantitative estimate of drug-likeness (QED) is 0.293. The van der Waals surface area contributed by atoms with Gasteiger partial charge in [-0.1, -0.05) is 0 Å². The number of nitrogens with zero attached hydrogens (tertiary/aromatic N) is 4. The van der Waals surface area contributed by atoms with Gasteiger partial charge in [-0.05, 0) is 0 Å². The smallest absolute Gasteiger partial charge is 0.233 e. The van der Waals surface area contributed by atoms with E-state index in [0.717, 1.165) is 0 Å². The van der Waals surface area contributed by atoms with Crippen LogP contribution in [-0.4, -0.2) is 150 Å². The van der Waals surface area contributed by atoms with Gasteiger partial charge in [-0.2, -0.15) is 0 Å². The summed E-state index contributed by atoms with van der Waals surface area (Å²) < 4.78 is 0. The van der Waals surface area contributed by atoms with Crippen LogP contribution in [0.5, 0.6) is 0 Å². The maximum atomic E-state index is 12.0. The Morgan fingerprint density at radius 1 is 0.438 bits per heavy atom. The largest absolute Gasteiger partial charge is 0.358 e. The highest BCUT2D eigenvalue weighted by molar-refractivity contribution is 5.78. The van der Waals surface area contributed by atoms with Gasteiger partial charge >= 0.3 is 0 Å². The lowest BCUT2D eigenvalue weighted by molar-refractivity contribution is -0.124. The van der Waals surface area contributed by atoms with Crippen LogP contribution in [0.1, 0.15) is 0 Å². The van der Waals surface area contributed by atoms with E-state index in [2.05, 4.69) is 21.3 Å². The normalized spacial score (nSPS) is 18.1. The van der Waals surface area contributed by atoms with Crippen LogP contribution < -0.4 is 21.3 Å². The standard InChI is InChI=1S/C20H40N8O4/c1-21-17(29)13-25-5-7-26(14-18(30)22-2)9-11-28(16-20(32)24-4)12-10-27(8-6-25)15-19(31)23-3/h5-16H2,1-4H3,(H,21,29)(H,22,30)(H,23,31)(H,24,32). The molecule has 0 aromatic rings. The second kappa shape index (κ2) is 15.5. The molecule has 184 valence electrons. The minimum atomic E-state index is -0.0791. The number of carbonyl (C=O) groups excluding carboxylic acids is 4. The Bertz CT molecular complexity index is 498. The molecule has 0 aliphatic carbocycles. The molecule has 0 bridgehead atoms. The van der Waals surface area contributed by atoms with Crippen molar-refractivity contribution in [1.82, 2.24) is 40.9 Å². The van der Waals surface area contributed by atoms with E-state index in [0.29, 0.717) is 52.4 Å². The molecule has 1 heterocycles. The number of carbonyl (C=O) groups is 4. The first-order valence-corrected chi connectivity index (χ1v) is 11.0. The zero-order valence-electron chi connectivity index (χ0n) is 19.9. The van der Waals surface area contributed by atoms with E-state index in [4.69, 9.17) is 0 Å². The molecule has 1 aliphatic rings. The fraction of sp³-hybridized carbons (Fsp3) is 0.800. The van der Waals surface area contributed by atoms with Crippen molar-refractivity contribution in [1.29, 1.82) is 0 Å². The number of likely N-dealkylation sites (N-methyl/N-ethyl adjacent to an activating group) is 4. The first-order chi connectivity index (χ1) is 15.3. The van der Waals surface area contributed by atoms with Crippen LogP contribution in [0.4, 0.5) is 0 Å². The minimum Gasteiger partial charge on any atom is -0.358 e. The minimum absolute atomic E-state index is 0.0791. The molecule has 0 unspecified atom stereocenters. The highest BCUT2D eigenvalue weighted by Gasteiger charge is 2.20. The van der Waals surface area contributed by atoms with Gasteiger partial charge in [0.2, 0.25) is 23.6 Å². The Labute approximate surface area is 191 Å². The van der Waals surface area contributed by atoms with Gasteiger partial charge in [-0.15, -0.1) is 0 Å². The van der Waals surface area contributed by atoms with Gasteiger partial charge < -0.3 is 21.3 Å². The van der Waals surface area contributed by atoms with Crippen molar-refractivity contribution in [2.24, 2.45) is 0 Å². The van der Waals surface area contributed by atoms with E-state index in [1.165, 1.54) is 0 Å². The highest BCUT2D eigenvalue weighted by Crippen LogP contribution is 2.01. The van der Waals surface area contributed by atoms with E-state index < -0.39 is 0 Å². The summed E-state index contributed by atoms with van der Waals surface area (Å²) in [7, 11) is 6.43. The molecule has 4 N–H and O–H groups in total. The van der Waals surface area contributed by atoms with Crippen molar-refractivity contribution in [3.63, 3.8) is 0 Å². The average Bonchev–Trinajstić information content (AvgIpc) is 2.79. The van der Waals surface area contributed by atoms with E-state index in [-0.39, 0.29) is 49.8 Å². The van der Waals surface area contributed by atoms with E-state index in [9.17, 15) is 19.2 Å². The predicted molar refractivity (Wildman–Crippen MR) is 122 cm³/mol. The average molecular weight is 457 g/mol. The molecule has 0 radical (unpaired) electrons. The molecule has 0 spiro atoms. The predicted octanol–water partition coefficient (Wildman–Crippen LogP) is -3.81. The fourth-order valence-electron chi connectivity index (χ4n) is 3.34. The van der Waals surface area contributed by atoms with Crippen molar-refractivity contribution in [2.45, 2.75) is 0 Å². The van der Waals surface area contributed by atoms with Crippen LogP contribution in [-0.2, 0) is 19.2 Å². The van der Waals surface area contributed by atoms with Crippen molar-refractivity contribution in [3.05, 3.63) is 0 Å². The third-order valence-corrected chi connectivity index (χ3v) is 5.51. The molecular formula is C20H40N8O4.